The number of amides is 2. The predicted octanol–water partition coefficient (Wildman–Crippen LogP) is 3.42. The zero-order chi connectivity index (χ0) is 16.9. The number of unbranched alkanes of at least 4 members (excludes halogenated alkanes) is 3. The van der Waals surface area contributed by atoms with Gasteiger partial charge in [-0.1, -0.05) is 26.2 Å². The van der Waals surface area contributed by atoms with Gasteiger partial charge in [0, 0.05) is 25.4 Å². The van der Waals surface area contributed by atoms with Crippen LogP contribution in [-0.2, 0) is 4.74 Å². The third-order valence-electron chi connectivity index (χ3n) is 3.28. The first-order valence-electron chi connectivity index (χ1n) is 8.05. The second kappa shape index (κ2) is 11.6. The summed E-state index contributed by atoms with van der Waals surface area (Å²) in [5, 5.41) is 5.65. The van der Waals surface area contributed by atoms with Crippen molar-refractivity contribution >= 4 is 11.7 Å². The van der Waals surface area contributed by atoms with Crippen LogP contribution in [0.3, 0.4) is 0 Å². The number of anilines is 1. The number of carbonyl (C=O) groups excluding carboxylic acids is 1. The van der Waals surface area contributed by atoms with Gasteiger partial charge in [-0.3, -0.25) is 0 Å². The molecule has 0 spiro atoms. The minimum Gasteiger partial charge on any atom is -0.493 e. The van der Waals surface area contributed by atoms with Crippen LogP contribution >= 0.6 is 0 Å². The van der Waals surface area contributed by atoms with Crippen molar-refractivity contribution in [2.24, 2.45) is 0 Å². The van der Waals surface area contributed by atoms with Crippen LogP contribution in [0.1, 0.15) is 32.6 Å². The number of ether oxygens (including phenoxy) is 3. The quantitative estimate of drug-likeness (QED) is 0.612. The fourth-order valence-electron chi connectivity index (χ4n) is 2.03. The van der Waals surface area contributed by atoms with Crippen molar-refractivity contribution in [1.29, 1.82) is 0 Å². The number of rotatable bonds is 11. The van der Waals surface area contributed by atoms with Gasteiger partial charge in [-0.05, 0) is 18.6 Å². The number of methoxy groups -OCH3 is 2. The van der Waals surface area contributed by atoms with E-state index in [-0.39, 0.29) is 6.03 Å². The molecule has 6 heteroatoms. The Morgan fingerprint density at radius 3 is 2.61 bits per heavy atom. The third kappa shape index (κ3) is 7.74. The molecule has 6 nitrogen and oxygen atoms in total. The average Bonchev–Trinajstić information content (AvgIpc) is 2.55. The number of nitrogens with one attached hydrogen (secondary N) is 2. The van der Waals surface area contributed by atoms with Gasteiger partial charge < -0.3 is 24.8 Å². The summed E-state index contributed by atoms with van der Waals surface area (Å²) < 4.78 is 15.8. The molecule has 1 rings (SSSR count). The Labute approximate surface area is 138 Å². The highest BCUT2D eigenvalue weighted by Crippen LogP contribution is 2.30. The van der Waals surface area contributed by atoms with Gasteiger partial charge in [-0.2, -0.15) is 0 Å². The van der Waals surface area contributed by atoms with Crippen LogP contribution in [0.25, 0.3) is 0 Å². The number of hydrogen-bond donors (Lipinski definition) is 2. The molecule has 0 unspecified atom stereocenters. The molecule has 1 aromatic rings. The molecule has 130 valence electrons. The van der Waals surface area contributed by atoms with E-state index in [0.29, 0.717) is 36.9 Å². The summed E-state index contributed by atoms with van der Waals surface area (Å²) in [6.07, 6.45) is 4.51. The third-order valence-corrected chi connectivity index (χ3v) is 3.28. The maximum Gasteiger partial charge on any atom is 0.319 e. The number of benzene rings is 1. The van der Waals surface area contributed by atoms with Crippen molar-refractivity contribution in [1.82, 2.24) is 5.32 Å². The van der Waals surface area contributed by atoms with E-state index in [2.05, 4.69) is 17.6 Å². The van der Waals surface area contributed by atoms with Crippen molar-refractivity contribution in [3.8, 4) is 11.5 Å². The lowest BCUT2D eigenvalue weighted by Gasteiger charge is -2.13. The molecule has 0 aliphatic carbocycles. The van der Waals surface area contributed by atoms with Crippen LogP contribution in [0.15, 0.2) is 18.2 Å². The second-order valence-electron chi connectivity index (χ2n) is 5.15. The van der Waals surface area contributed by atoms with E-state index in [1.54, 1.807) is 32.4 Å². The van der Waals surface area contributed by atoms with Crippen LogP contribution in [0.2, 0.25) is 0 Å². The highest BCUT2D eigenvalue weighted by molar-refractivity contribution is 5.89. The molecule has 0 fully saturated rings. The largest absolute Gasteiger partial charge is 0.493 e. The van der Waals surface area contributed by atoms with Crippen molar-refractivity contribution < 1.29 is 19.0 Å². The van der Waals surface area contributed by atoms with Crippen LogP contribution in [0, 0.1) is 0 Å². The molecule has 23 heavy (non-hydrogen) atoms. The molecule has 0 heterocycles. The minimum absolute atomic E-state index is 0.213. The Bertz CT molecular complexity index is 466. The van der Waals surface area contributed by atoms with Crippen molar-refractivity contribution in [3.05, 3.63) is 18.2 Å². The van der Waals surface area contributed by atoms with Gasteiger partial charge in [0.05, 0.1) is 13.7 Å². The molecule has 0 aromatic heterocycles. The summed E-state index contributed by atoms with van der Waals surface area (Å²) in [6.45, 7) is 3.74. The molecule has 0 saturated heterocycles. The SMILES string of the molecule is CCCCCCNC(=O)Nc1ccc(OC)c(OCCOC)c1. The molecule has 0 atom stereocenters. The Morgan fingerprint density at radius 2 is 1.91 bits per heavy atom. The molecular weight excluding hydrogens is 296 g/mol. The van der Waals surface area contributed by atoms with Gasteiger partial charge in [-0.25, -0.2) is 4.79 Å². The molecule has 0 radical (unpaired) electrons. The van der Waals surface area contributed by atoms with Crippen molar-refractivity contribution in [3.63, 3.8) is 0 Å². The van der Waals surface area contributed by atoms with Gasteiger partial charge in [-0.15, -0.1) is 0 Å². The summed E-state index contributed by atoms with van der Waals surface area (Å²) in [7, 11) is 3.19. The van der Waals surface area contributed by atoms with Crippen LogP contribution in [0.5, 0.6) is 11.5 Å². The number of hydrogen-bond acceptors (Lipinski definition) is 4. The van der Waals surface area contributed by atoms with E-state index in [1.165, 1.54) is 12.8 Å². The molecule has 2 N–H and O–H groups in total. The highest BCUT2D eigenvalue weighted by atomic mass is 16.5. The standard InChI is InChI=1S/C17H28N2O4/c1-4-5-6-7-10-18-17(20)19-14-8-9-15(22-3)16(13-14)23-12-11-21-2/h8-9,13H,4-7,10-12H2,1-3H3,(H2,18,19,20). The van der Waals surface area contributed by atoms with Crippen LogP contribution < -0.4 is 20.1 Å². The second-order valence-corrected chi connectivity index (χ2v) is 5.15. The summed E-state index contributed by atoms with van der Waals surface area (Å²) in [5.41, 5.74) is 0.657. The zero-order valence-corrected chi connectivity index (χ0v) is 14.3. The summed E-state index contributed by atoms with van der Waals surface area (Å²) in [6, 6.07) is 5.07. The van der Waals surface area contributed by atoms with E-state index in [9.17, 15) is 4.79 Å². The number of urea groups is 1. The fraction of sp³-hybridized carbons (Fsp3) is 0.588. The van der Waals surface area contributed by atoms with Gasteiger partial charge >= 0.3 is 6.03 Å². The van der Waals surface area contributed by atoms with E-state index < -0.39 is 0 Å². The normalized spacial score (nSPS) is 10.2. The van der Waals surface area contributed by atoms with E-state index in [1.807, 2.05) is 0 Å². The van der Waals surface area contributed by atoms with Gasteiger partial charge in [0.1, 0.15) is 6.61 Å². The lowest BCUT2D eigenvalue weighted by Crippen LogP contribution is -2.29. The molecule has 0 aliphatic heterocycles. The molecule has 0 aliphatic rings. The summed E-state index contributed by atoms with van der Waals surface area (Å²) >= 11 is 0. The monoisotopic (exact) mass is 324 g/mol. The fourth-order valence-corrected chi connectivity index (χ4v) is 2.03. The van der Waals surface area contributed by atoms with Crippen LogP contribution in [0.4, 0.5) is 10.5 Å². The highest BCUT2D eigenvalue weighted by Gasteiger charge is 2.08. The topological polar surface area (TPSA) is 68.8 Å². The number of carbonyl (C=O) groups is 1. The summed E-state index contributed by atoms with van der Waals surface area (Å²) in [4.78, 5) is 11.9. The Kier molecular flexibility index (Phi) is 9.63. The van der Waals surface area contributed by atoms with Gasteiger partial charge in [0.2, 0.25) is 0 Å². The molecule has 0 saturated carbocycles. The molecule has 2 amide bonds. The Balaban J connectivity index is 2.48. The Hall–Kier alpha value is -1.95. The lowest BCUT2D eigenvalue weighted by atomic mass is 10.2. The first-order valence-corrected chi connectivity index (χ1v) is 8.05. The smallest absolute Gasteiger partial charge is 0.319 e. The molecular formula is C17H28N2O4. The van der Waals surface area contributed by atoms with Gasteiger partial charge in [0.15, 0.2) is 11.5 Å². The Morgan fingerprint density at radius 1 is 1.09 bits per heavy atom. The maximum atomic E-state index is 11.9. The van der Waals surface area contributed by atoms with E-state index in [0.717, 1.165) is 12.8 Å². The van der Waals surface area contributed by atoms with Gasteiger partial charge in [0.25, 0.3) is 0 Å². The maximum absolute atomic E-state index is 11.9. The van der Waals surface area contributed by atoms with Crippen molar-refractivity contribution in [2.75, 3.05) is 39.3 Å². The van der Waals surface area contributed by atoms with Crippen LogP contribution in [-0.4, -0.2) is 40.0 Å². The van der Waals surface area contributed by atoms with E-state index >= 15 is 0 Å². The minimum atomic E-state index is -0.213. The first kappa shape index (κ1) is 19.1. The van der Waals surface area contributed by atoms with Crippen molar-refractivity contribution in [2.45, 2.75) is 32.6 Å². The molecule has 0 bridgehead atoms. The zero-order valence-electron chi connectivity index (χ0n) is 14.3. The summed E-state index contributed by atoms with van der Waals surface area (Å²) in [5.74, 6) is 1.19. The van der Waals surface area contributed by atoms with E-state index in [4.69, 9.17) is 14.2 Å². The first-order chi connectivity index (χ1) is 11.2. The average molecular weight is 324 g/mol. The lowest BCUT2D eigenvalue weighted by molar-refractivity contribution is 0.144. The predicted molar refractivity (Wildman–Crippen MR) is 91.5 cm³/mol. The molecule has 1 aromatic carbocycles.